The molecule has 0 bridgehead atoms. The molecule has 0 heterocycles. The summed E-state index contributed by atoms with van der Waals surface area (Å²) >= 11 is 0. The highest BCUT2D eigenvalue weighted by Gasteiger charge is 2.19. The van der Waals surface area contributed by atoms with E-state index in [0.29, 0.717) is 29.4 Å². The van der Waals surface area contributed by atoms with Crippen LogP contribution in [-0.2, 0) is 16.6 Å². The molecule has 9 nitrogen and oxygen atoms in total. The number of nitrogens with one attached hydrogen (secondary N) is 2. The van der Waals surface area contributed by atoms with Gasteiger partial charge in [0.2, 0.25) is 15.8 Å². The Hall–Kier alpha value is -2.69. The van der Waals surface area contributed by atoms with Crippen molar-refractivity contribution in [2.24, 2.45) is 0 Å². The molecule has 166 valence electrons. The van der Waals surface area contributed by atoms with Crippen LogP contribution in [0.1, 0.15) is 24.2 Å². The molecule has 0 amide bonds. The Balaban J connectivity index is 2.15. The molecule has 0 aliphatic carbocycles. The zero-order valence-corrected chi connectivity index (χ0v) is 18.4. The van der Waals surface area contributed by atoms with Crippen molar-refractivity contribution in [3.05, 3.63) is 41.5 Å². The molecule has 0 fully saturated rings. The number of ether oxygens (including phenoxy) is 3. The molecule has 2 unspecified atom stereocenters. The Labute approximate surface area is 176 Å². The number of anilines is 1. The van der Waals surface area contributed by atoms with Gasteiger partial charge in [-0.15, -0.1) is 0 Å². The summed E-state index contributed by atoms with van der Waals surface area (Å²) in [5.74, 6) is 1.31. The molecule has 0 spiro atoms. The third-order valence-electron chi connectivity index (χ3n) is 4.48. The number of rotatable bonds is 10. The van der Waals surface area contributed by atoms with Crippen LogP contribution in [0.3, 0.4) is 0 Å². The number of aliphatic hydroxyl groups excluding tert-OH is 1. The lowest BCUT2D eigenvalue weighted by atomic mass is 10.0. The van der Waals surface area contributed by atoms with Crippen molar-refractivity contribution in [1.29, 1.82) is 0 Å². The van der Waals surface area contributed by atoms with Crippen molar-refractivity contribution in [3.63, 3.8) is 0 Å². The first-order valence-electron chi connectivity index (χ1n) is 9.10. The summed E-state index contributed by atoms with van der Waals surface area (Å²) in [5, 5.41) is 23.7. The molecule has 0 saturated carbocycles. The van der Waals surface area contributed by atoms with Gasteiger partial charge < -0.3 is 29.7 Å². The minimum Gasteiger partial charge on any atom is -0.506 e. The number of phenolic OH excluding ortho intramolecular Hbond substituents is 1. The molecule has 0 aromatic heterocycles. The van der Waals surface area contributed by atoms with E-state index in [9.17, 15) is 18.6 Å². The van der Waals surface area contributed by atoms with Crippen molar-refractivity contribution >= 4 is 15.7 Å². The fourth-order valence-electron chi connectivity index (χ4n) is 2.94. The van der Waals surface area contributed by atoms with E-state index < -0.39 is 16.1 Å². The van der Waals surface area contributed by atoms with E-state index in [2.05, 4.69) is 10.0 Å². The van der Waals surface area contributed by atoms with Gasteiger partial charge in [0.1, 0.15) is 5.75 Å². The number of hydrogen-bond acceptors (Lipinski definition) is 8. The number of methoxy groups -OCH3 is 3. The summed E-state index contributed by atoms with van der Waals surface area (Å²) in [6.07, 6.45) is 0.0321. The van der Waals surface area contributed by atoms with E-state index in [1.54, 1.807) is 6.92 Å². The zero-order chi connectivity index (χ0) is 22.5. The van der Waals surface area contributed by atoms with Crippen molar-refractivity contribution in [2.75, 3.05) is 32.3 Å². The predicted octanol–water partition coefficient (Wildman–Crippen LogP) is 2.00. The number of hydrogen-bond donors (Lipinski definition) is 4. The van der Waals surface area contributed by atoms with E-state index in [4.69, 9.17) is 14.2 Å². The molecule has 0 aliphatic rings. The van der Waals surface area contributed by atoms with Crippen LogP contribution in [0.2, 0.25) is 0 Å². The lowest BCUT2D eigenvalue weighted by Crippen LogP contribution is -2.31. The van der Waals surface area contributed by atoms with Gasteiger partial charge in [0.25, 0.3) is 0 Å². The monoisotopic (exact) mass is 440 g/mol. The fourth-order valence-corrected chi connectivity index (χ4v) is 3.50. The first kappa shape index (κ1) is 23.6. The zero-order valence-electron chi connectivity index (χ0n) is 17.6. The molecule has 2 aromatic rings. The maximum absolute atomic E-state index is 11.5. The molecular weight excluding hydrogens is 412 g/mol. The Morgan fingerprint density at radius 2 is 1.63 bits per heavy atom. The largest absolute Gasteiger partial charge is 0.506 e. The van der Waals surface area contributed by atoms with Crippen LogP contribution in [0, 0.1) is 0 Å². The maximum Gasteiger partial charge on any atom is 0.229 e. The average molecular weight is 441 g/mol. The van der Waals surface area contributed by atoms with E-state index >= 15 is 0 Å². The van der Waals surface area contributed by atoms with Gasteiger partial charge in [-0.05, 0) is 42.3 Å². The van der Waals surface area contributed by atoms with Crippen LogP contribution in [-0.4, -0.2) is 52.3 Å². The maximum atomic E-state index is 11.5. The second kappa shape index (κ2) is 9.88. The van der Waals surface area contributed by atoms with E-state index in [1.807, 2.05) is 12.1 Å². The van der Waals surface area contributed by atoms with Crippen LogP contribution < -0.4 is 24.2 Å². The second-order valence-corrected chi connectivity index (χ2v) is 8.55. The Morgan fingerprint density at radius 1 is 1.03 bits per heavy atom. The van der Waals surface area contributed by atoms with Crippen LogP contribution in [0.4, 0.5) is 5.69 Å². The third kappa shape index (κ3) is 5.91. The lowest BCUT2D eigenvalue weighted by Gasteiger charge is -2.22. The van der Waals surface area contributed by atoms with Crippen molar-refractivity contribution in [1.82, 2.24) is 5.32 Å². The predicted molar refractivity (Wildman–Crippen MR) is 114 cm³/mol. The standard InChI is InChI=1S/C20H28N2O7S/c1-12(19(24)14-6-7-16(23)15(10-14)22-30(5,25)26)21-11-13-8-17(27-2)20(29-4)18(9-13)28-3/h6-10,12,19,21-24H,11H2,1-5H3. The third-order valence-corrected chi connectivity index (χ3v) is 5.07. The number of benzene rings is 2. The summed E-state index contributed by atoms with van der Waals surface area (Å²) in [5.41, 5.74) is 1.31. The molecule has 0 radical (unpaired) electrons. The smallest absolute Gasteiger partial charge is 0.229 e. The van der Waals surface area contributed by atoms with Gasteiger partial charge in [0, 0.05) is 12.6 Å². The average Bonchev–Trinajstić information content (AvgIpc) is 2.71. The minimum atomic E-state index is -3.57. The number of aromatic hydroxyl groups is 1. The lowest BCUT2D eigenvalue weighted by molar-refractivity contribution is 0.135. The van der Waals surface area contributed by atoms with Gasteiger partial charge in [0.15, 0.2) is 11.5 Å². The van der Waals surface area contributed by atoms with Gasteiger partial charge in [-0.25, -0.2) is 8.42 Å². The highest BCUT2D eigenvalue weighted by molar-refractivity contribution is 7.92. The summed E-state index contributed by atoms with van der Waals surface area (Å²) in [6, 6.07) is 7.49. The minimum absolute atomic E-state index is 0.00544. The Kier molecular flexibility index (Phi) is 7.77. The van der Waals surface area contributed by atoms with Crippen LogP contribution in [0.15, 0.2) is 30.3 Å². The van der Waals surface area contributed by atoms with Crippen LogP contribution in [0.5, 0.6) is 23.0 Å². The number of sulfonamides is 1. The molecule has 2 aromatic carbocycles. The van der Waals surface area contributed by atoms with Gasteiger partial charge in [-0.1, -0.05) is 6.07 Å². The molecule has 0 aliphatic heterocycles. The van der Waals surface area contributed by atoms with E-state index in [-0.39, 0.29) is 17.5 Å². The topological polar surface area (TPSA) is 126 Å². The molecule has 10 heteroatoms. The Bertz CT molecular complexity index is 954. The van der Waals surface area contributed by atoms with Crippen molar-refractivity contribution < 1.29 is 32.8 Å². The normalized spacial score (nSPS) is 13.4. The fraction of sp³-hybridized carbons (Fsp3) is 0.400. The van der Waals surface area contributed by atoms with Crippen LogP contribution in [0.25, 0.3) is 0 Å². The summed E-state index contributed by atoms with van der Waals surface area (Å²) in [4.78, 5) is 0. The SMILES string of the molecule is COc1cc(CNC(C)C(O)c2ccc(O)c(NS(C)(=O)=O)c2)cc(OC)c1OC. The molecule has 2 rings (SSSR count). The first-order chi connectivity index (χ1) is 14.1. The summed E-state index contributed by atoms with van der Waals surface area (Å²) < 4.78 is 41.1. The van der Waals surface area contributed by atoms with Crippen molar-refractivity contribution in [3.8, 4) is 23.0 Å². The molecule has 0 saturated heterocycles. The summed E-state index contributed by atoms with van der Waals surface area (Å²) in [7, 11) is 1.03. The van der Waals surface area contributed by atoms with Gasteiger partial charge >= 0.3 is 0 Å². The first-order valence-corrected chi connectivity index (χ1v) is 11.0. The summed E-state index contributed by atoms with van der Waals surface area (Å²) in [6.45, 7) is 2.20. The van der Waals surface area contributed by atoms with Gasteiger partial charge in [-0.2, -0.15) is 0 Å². The quantitative estimate of drug-likeness (QED) is 0.413. The molecular formula is C20H28N2O7S. The Morgan fingerprint density at radius 3 is 2.13 bits per heavy atom. The number of aliphatic hydroxyl groups is 1. The van der Waals surface area contributed by atoms with Crippen molar-refractivity contribution in [2.45, 2.75) is 25.6 Å². The van der Waals surface area contributed by atoms with E-state index in [1.165, 1.54) is 39.5 Å². The number of phenols is 1. The molecule has 30 heavy (non-hydrogen) atoms. The highest BCUT2D eigenvalue weighted by Crippen LogP contribution is 2.38. The van der Waals surface area contributed by atoms with E-state index in [0.717, 1.165) is 11.8 Å². The van der Waals surface area contributed by atoms with Gasteiger partial charge in [-0.3, -0.25) is 4.72 Å². The molecule has 4 N–H and O–H groups in total. The molecule has 2 atom stereocenters. The highest BCUT2D eigenvalue weighted by atomic mass is 32.2. The van der Waals surface area contributed by atoms with Crippen LogP contribution >= 0.6 is 0 Å². The second-order valence-electron chi connectivity index (χ2n) is 6.80. The van der Waals surface area contributed by atoms with Gasteiger partial charge in [0.05, 0.1) is 39.4 Å².